The van der Waals surface area contributed by atoms with E-state index in [-0.39, 0.29) is 5.91 Å². The minimum Gasteiger partial charge on any atom is -0.491 e. The van der Waals surface area contributed by atoms with E-state index in [0.717, 1.165) is 29.8 Å². The summed E-state index contributed by atoms with van der Waals surface area (Å²) in [6.45, 7) is 0.579. The van der Waals surface area contributed by atoms with Gasteiger partial charge in [-0.3, -0.25) is 4.79 Å². The first-order valence-electron chi connectivity index (χ1n) is 5.42. The summed E-state index contributed by atoms with van der Waals surface area (Å²) in [5, 5.41) is 2.86. The van der Waals surface area contributed by atoms with Crippen molar-refractivity contribution < 1.29 is 9.53 Å². The van der Waals surface area contributed by atoms with Crippen molar-refractivity contribution in [2.75, 3.05) is 17.8 Å². The number of nitrogens with one attached hydrogen (secondary N) is 1. The lowest BCUT2D eigenvalue weighted by Gasteiger charge is -2.20. The van der Waals surface area contributed by atoms with Gasteiger partial charge in [-0.25, -0.2) is 0 Å². The van der Waals surface area contributed by atoms with E-state index in [1.54, 1.807) is 0 Å². The maximum Gasteiger partial charge on any atom is 0.224 e. The normalized spacial score (nSPS) is 14.2. The number of rotatable bonds is 4. The third-order valence-electron chi connectivity index (χ3n) is 2.53. The summed E-state index contributed by atoms with van der Waals surface area (Å²) in [6, 6.07) is 5.84. The summed E-state index contributed by atoms with van der Waals surface area (Å²) in [7, 11) is 0. The molecule has 0 aliphatic carbocycles. The van der Waals surface area contributed by atoms with Gasteiger partial charge in [0.15, 0.2) is 0 Å². The molecule has 0 fully saturated rings. The van der Waals surface area contributed by atoms with Gasteiger partial charge in [-0.2, -0.15) is 0 Å². The summed E-state index contributed by atoms with van der Waals surface area (Å²) in [6.07, 6.45) is 2.14. The highest BCUT2D eigenvalue weighted by Crippen LogP contribution is 2.32. The van der Waals surface area contributed by atoms with E-state index in [9.17, 15) is 4.79 Å². The van der Waals surface area contributed by atoms with E-state index in [1.807, 2.05) is 18.2 Å². The van der Waals surface area contributed by atoms with E-state index in [2.05, 4.69) is 5.32 Å². The lowest BCUT2D eigenvalue weighted by molar-refractivity contribution is -0.116. The van der Waals surface area contributed by atoms with Gasteiger partial charge in [-0.1, -0.05) is 12.1 Å². The summed E-state index contributed by atoms with van der Waals surface area (Å²) in [5.41, 5.74) is 1.97. The molecule has 1 amide bonds. The molecule has 0 saturated heterocycles. The number of hydrogen-bond acceptors (Lipinski definition) is 2. The highest BCUT2D eigenvalue weighted by molar-refractivity contribution is 6.17. The molecule has 0 radical (unpaired) electrons. The van der Waals surface area contributed by atoms with Gasteiger partial charge in [0.25, 0.3) is 0 Å². The van der Waals surface area contributed by atoms with Gasteiger partial charge < -0.3 is 10.1 Å². The number of ether oxygens (including phenoxy) is 1. The van der Waals surface area contributed by atoms with Crippen LogP contribution >= 0.6 is 11.6 Å². The van der Waals surface area contributed by atoms with E-state index in [4.69, 9.17) is 16.3 Å². The molecule has 1 aliphatic rings. The quantitative estimate of drug-likeness (QED) is 0.648. The zero-order chi connectivity index (χ0) is 11.4. The maximum absolute atomic E-state index is 11.3. The Hall–Kier alpha value is -1.22. The Morgan fingerprint density at radius 2 is 2.25 bits per heavy atom. The van der Waals surface area contributed by atoms with Crippen LogP contribution in [0, 0.1) is 0 Å². The Balaban J connectivity index is 2.15. The lowest BCUT2D eigenvalue weighted by atomic mass is 10.0. The summed E-state index contributed by atoms with van der Waals surface area (Å²) < 4.78 is 5.59. The summed E-state index contributed by atoms with van der Waals surface area (Å²) in [5.74, 6) is 1.39. The third-order valence-corrected chi connectivity index (χ3v) is 2.80. The molecule has 86 valence electrons. The van der Waals surface area contributed by atoms with Crippen molar-refractivity contribution in [3.05, 3.63) is 23.8 Å². The SMILES string of the molecule is O=C1CCc2cccc(OCCCCl)c2N1. The second kappa shape index (κ2) is 5.21. The molecule has 1 aliphatic heterocycles. The van der Waals surface area contributed by atoms with E-state index in [0.29, 0.717) is 18.9 Å². The molecular weight excluding hydrogens is 226 g/mol. The monoisotopic (exact) mass is 239 g/mol. The van der Waals surface area contributed by atoms with Gasteiger partial charge in [0.05, 0.1) is 12.3 Å². The van der Waals surface area contributed by atoms with Crippen molar-refractivity contribution in [2.45, 2.75) is 19.3 Å². The van der Waals surface area contributed by atoms with Crippen LogP contribution in [0.25, 0.3) is 0 Å². The topological polar surface area (TPSA) is 38.3 Å². The predicted octanol–water partition coefficient (Wildman–Crippen LogP) is 2.58. The summed E-state index contributed by atoms with van der Waals surface area (Å²) in [4.78, 5) is 11.3. The highest BCUT2D eigenvalue weighted by atomic mass is 35.5. The van der Waals surface area contributed by atoms with Crippen molar-refractivity contribution in [2.24, 2.45) is 0 Å². The molecule has 0 aromatic heterocycles. The van der Waals surface area contributed by atoms with E-state index >= 15 is 0 Å². The van der Waals surface area contributed by atoms with Gasteiger partial charge in [0.2, 0.25) is 5.91 Å². The number of fused-ring (bicyclic) bond motifs is 1. The first-order valence-corrected chi connectivity index (χ1v) is 5.95. The van der Waals surface area contributed by atoms with Gasteiger partial charge in [0.1, 0.15) is 5.75 Å². The zero-order valence-electron chi connectivity index (χ0n) is 8.96. The van der Waals surface area contributed by atoms with Crippen LogP contribution in [0.4, 0.5) is 5.69 Å². The Morgan fingerprint density at radius 3 is 3.06 bits per heavy atom. The highest BCUT2D eigenvalue weighted by Gasteiger charge is 2.18. The number of carbonyl (C=O) groups excluding carboxylic acids is 1. The van der Waals surface area contributed by atoms with Gasteiger partial charge in [-0.15, -0.1) is 11.6 Å². The van der Waals surface area contributed by atoms with Crippen molar-refractivity contribution in [1.82, 2.24) is 0 Å². The fraction of sp³-hybridized carbons (Fsp3) is 0.417. The lowest BCUT2D eigenvalue weighted by Crippen LogP contribution is -2.19. The first-order chi connectivity index (χ1) is 7.81. The molecular formula is C12H14ClNO2. The molecule has 2 rings (SSSR count). The van der Waals surface area contributed by atoms with Crippen LogP contribution in [0.5, 0.6) is 5.75 Å². The molecule has 0 atom stereocenters. The van der Waals surface area contributed by atoms with E-state index in [1.165, 1.54) is 0 Å². The number of alkyl halides is 1. The Labute approximate surface area is 99.7 Å². The molecule has 1 N–H and O–H groups in total. The molecule has 1 heterocycles. The Morgan fingerprint density at radius 1 is 1.38 bits per heavy atom. The van der Waals surface area contributed by atoms with Crippen molar-refractivity contribution in [3.63, 3.8) is 0 Å². The molecule has 4 heteroatoms. The average Bonchev–Trinajstić information content (AvgIpc) is 2.30. The fourth-order valence-corrected chi connectivity index (χ4v) is 1.84. The smallest absolute Gasteiger partial charge is 0.224 e. The largest absolute Gasteiger partial charge is 0.491 e. The molecule has 3 nitrogen and oxygen atoms in total. The number of amides is 1. The molecule has 0 saturated carbocycles. The van der Waals surface area contributed by atoms with Crippen LogP contribution < -0.4 is 10.1 Å². The van der Waals surface area contributed by atoms with Crippen molar-refractivity contribution >= 4 is 23.2 Å². The van der Waals surface area contributed by atoms with E-state index < -0.39 is 0 Å². The Kier molecular flexibility index (Phi) is 3.67. The van der Waals surface area contributed by atoms with Crippen LogP contribution in [0.2, 0.25) is 0 Å². The standard InChI is InChI=1S/C12H14ClNO2/c13-7-2-8-16-10-4-1-3-9-5-6-11(15)14-12(9)10/h1,3-4H,2,5-8H2,(H,14,15). The molecule has 1 aromatic carbocycles. The maximum atomic E-state index is 11.3. The van der Waals surface area contributed by atoms with Crippen LogP contribution in [-0.2, 0) is 11.2 Å². The molecule has 0 spiro atoms. The summed E-state index contributed by atoms with van der Waals surface area (Å²) >= 11 is 5.58. The zero-order valence-corrected chi connectivity index (χ0v) is 9.72. The second-order valence-electron chi connectivity index (χ2n) is 3.73. The van der Waals surface area contributed by atoms with Gasteiger partial charge in [0, 0.05) is 12.3 Å². The number of hydrogen-bond donors (Lipinski definition) is 1. The second-order valence-corrected chi connectivity index (χ2v) is 4.11. The van der Waals surface area contributed by atoms with Crippen LogP contribution in [0.1, 0.15) is 18.4 Å². The fourth-order valence-electron chi connectivity index (χ4n) is 1.73. The van der Waals surface area contributed by atoms with Crippen molar-refractivity contribution in [1.29, 1.82) is 0 Å². The third kappa shape index (κ3) is 2.47. The number of carbonyl (C=O) groups is 1. The number of benzene rings is 1. The number of anilines is 1. The molecule has 16 heavy (non-hydrogen) atoms. The average molecular weight is 240 g/mol. The predicted molar refractivity (Wildman–Crippen MR) is 64.2 cm³/mol. The van der Waals surface area contributed by atoms with Crippen LogP contribution in [0.3, 0.4) is 0 Å². The van der Waals surface area contributed by atoms with Crippen LogP contribution in [-0.4, -0.2) is 18.4 Å². The molecule has 0 unspecified atom stereocenters. The minimum atomic E-state index is 0.0564. The number of aryl methyl sites for hydroxylation is 1. The van der Waals surface area contributed by atoms with Gasteiger partial charge in [-0.05, 0) is 24.5 Å². The van der Waals surface area contributed by atoms with Crippen LogP contribution in [0.15, 0.2) is 18.2 Å². The number of halogens is 1. The van der Waals surface area contributed by atoms with Crippen molar-refractivity contribution in [3.8, 4) is 5.75 Å². The minimum absolute atomic E-state index is 0.0564. The molecule has 0 bridgehead atoms. The van der Waals surface area contributed by atoms with Gasteiger partial charge >= 0.3 is 0 Å². The molecule has 1 aromatic rings. The number of para-hydroxylation sites is 1. The Bertz CT molecular complexity index is 393. The first kappa shape index (κ1) is 11.3.